The molecule has 2 fully saturated rings. The second-order valence-corrected chi connectivity index (χ2v) is 7.43. The Hall–Kier alpha value is -0.0800. The van der Waals surface area contributed by atoms with Gasteiger partial charge >= 0.3 is 0 Å². The van der Waals surface area contributed by atoms with Gasteiger partial charge in [-0.05, 0) is 56.4 Å². The molecule has 2 nitrogen and oxygen atoms in total. The Labute approximate surface area is 113 Å². The third-order valence-corrected chi connectivity index (χ3v) is 5.37. The molecule has 1 atom stereocenters. The quantitative estimate of drug-likeness (QED) is 0.760. The first-order valence-corrected chi connectivity index (χ1v) is 7.96. The Morgan fingerprint density at radius 2 is 1.83 bits per heavy atom. The summed E-state index contributed by atoms with van der Waals surface area (Å²) in [7, 11) is 0. The molecule has 2 heteroatoms. The first kappa shape index (κ1) is 14.3. The predicted molar refractivity (Wildman–Crippen MR) is 78.6 cm³/mol. The lowest BCUT2D eigenvalue weighted by Crippen LogP contribution is -2.54. The van der Waals surface area contributed by atoms with Crippen molar-refractivity contribution in [3.8, 4) is 0 Å². The smallest absolute Gasteiger partial charge is 0.0331 e. The van der Waals surface area contributed by atoms with E-state index in [0.29, 0.717) is 11.0 Å². The van der Waals surface area contributed by atoms with Crippen LogP contribution < -0.4 is 5.73 Å². The summed E-state index contributed by atoms with van der Waals surface area (Å²) in [6.07, 6.45) is 9.57. The van der Waals surface area contributed by atoms with E-state index >= 15 is 0 Å². The average Bonchev–Trinajstić information content (AvgIpc) is 3.15. The fourth-order valence-corrected chi connectivity index (χ4v) is 3.64. The molecule has 0 heterocycles. The maximum atomic E-state index is 6.23. The van der Waals surface area contributed by atoms with Crippen molar-refractivity contribution in [3.05, 3.63) is 0 Å². The molecule has 0 bridgehead atoms. The van der Waals surface area contributed by atoms with Gasteiger partial charge in [-0.2, -0.15) is 0 Å². The lowest BCUT2D eigenvalue weighted by atomic mass is 9.83. The Kier molecular flexibility index (Phi) is 4.38. The summed E-state index contributed by atoms with van der Waals surface area (Å²) in [5.41, 5.74) is 7.06. The standard InChI is InChI=1S/C16H32N2/c1-4-18(12-14-6-7-14)16(13-17)9-5-8-15(2,3)10-11-16/h14H,4-13,17H2,1-3H3. The second kappa shape index (κ2) is 5.50. The molecular weight excluding hydrogens is 220 g/mol. The van der Waals surface area contributed by atoms with E-state index in [1.807, 2.05) is 0 Å². The highest BCUT2D eigenvalue weighted by Gasteiger charge is 2.40. The van der Waals surface area contributed by atoms with E-state index < -0.39 is 0 Å². The van der Waals surface area contributed by atoms with Crippen molar-refractivity contribution in [1.82, 2.24) is 4.90 Å². The van der Waals surface area contributed by atoms with E-state index in [-0.39, 0.29) is 0 Å². The van der Waals surface area contributed by atoms with Crippen LogP contribution in [0.15, 0.2) is 0 Å². The number of rotatable bonds is 5. The number of hydrogen-bond donors (Lipinski definition) is 1. The lowest BCUT2D eigenvalue weighted by molar-refractivity contribution is 0.0755. The molecule has 2 saturated carbocycles. The summed E-state index contributed by atoms with van der Waals surface area (Å²) in [5.74, 6) is 0.977. The Morgan fingerprint density at radius 1 is 1.11 bits per heavy atom. The Bertz CT molecular complexity index is 270. The number of nitrogens with zero attached hydrogens (tertiary/aromatic N) is 1. The molecule has 2 aliphatic rings. The molecule has 0 aromatic carbocycles. The molecular formula is C16H32N2. The van der Waals surface area contributed by atoms with Crippen LogP contribution in [0.2, 0.25) is 0 Å². The molecule has 0 saturated heterocycles. The van der Waals surface area contributed by atoms with E-state index in [0.717, 1.165) is 12.5 Å². The van der Waals surface area contributed by atoms with Gasteiger partial charge in [0.15, 0.2) is 0 Å². The van der Waals surface area contributed by atoms with Crippen molar-refractivity contribution in [2.24, 2.45) is 17.1 Å². The minimum absolute atomic E-state index is 0.311. The normalized spacial score (nSPS) is 32.5. The van der Waals surface area contributed by atoms with Gasteiger partial charge in [-0.15, -0.1) is 0 Å². The van der Waals surface area contributed by atoms with E-state index in [4.69, 9.17) is 5.73 Å². The van der Waals surface area contributed by atoms with Crippen molar-refractivity contribution in [3.63, 3.8) is 0 Å². The molecule has 2 rings (SSSR count). The van der Waals surface area contributed by atoms with Crippen LogP contribution in [-0.4, -0.2) is 30.1 Å². The summed E-state index contributed by atoms with van der Waals surface area (Å²) < 4.78 is 0. The molecule has 0 radical (unpaired) electrons. The average molecular weight is 252 g/mol. The summed E-state index contributed by atoms with van der Waals surface area (Å²) in [6, 6.07) is 0. The van der Waals surface area contributed by atoms with Gasteiger partial charge in [-0.3, -0.25) is 4.90 Å². The largest absolute Gasteiger partial charge is 0.329 e. The maximum absolute atomic E-state index is 6.23. The van der Waals surface area contributed by atoms with Crippen LogP contribution in [-0.2, 0) is 0 Å². The minimum Gasteiger partial charge on any atom is -0.329 e. The monoisotopic (exact) mass is 252 g/mol. The third kappa shape index (κ3) is 3.27. The highest BCUT2D eigenvalue weighted by Crippen LogP contribution is 2.42. The number of nitrogens with two attached hydrogens (primary N) is 1. The summed E-state index contributed by atoms with van der Waals surface area (Å²) in [6.45, 7) is 10.5. The fourth-order valence-electron chi connectivity index (χ4n) is 3.64. The summed E-state index contributed by atoms with van der Waals surface area (Å²) >= 11 is 0. The van der Waals surface area contributed by atoms with Crippen LogP contribution in [0.5, 0.6) is 0 Å². The molecule has 0 aliphatic heterocycles. The van der Waals surface area contributed by atoms with Crippen molar-refractivity contribution in [1.29, 1.82) is 0 Å². The van der Waals surface area contributed by atoms with E-state index in [1.54, 1.807) is 0 Å². The molecule has 1 unspecified atom stereocenters. The minimum atomic E-state index is 0.311. The van der Waals surface area contributed by atoms with Gasteiger partial charge in [0.05, 0.1) is 0 Å². The van der Waals surface area contributed by atoms with Crippen LogP contribution >= 0.6 is 0 Å². The van der Waals surface area contributed by atoms with Crippen molar-refractivity contribution in [2.45, 2.75) is 71.3 Å². The summed E-state index contributed by atoms with van der Waals surface area (Å²) in [4.78, 5) is 2.73. The third-order valence-electron chi connectivity index (χ3n) is 5.37. The first-order chi connectivity index (χ1) is 8.51. The van der Waals surface area contributed by atoms with Gasteiger partial charge in [-0.25, -0.2) is 0 Å². The van der Waals surface area contributed by atoms with Gasteiger partial charge in [0.1, 0.15) is 0 Å². The maximum Gasteiger partial charge on any atom is 0.0331 e. The van der Waals surface area contributed by atoms with E-state index in [9.17, 15) is 0 Å². The predicted octanol–water partition coefficient (Wildman–Crippen LogP) is 3.41. The molecule has 0 spiro atoms. The number of likely N-dealkylation sites (N-methyl/N-ethyl adjacent to an activating group) is 1. The SMILES string of the molecule is CCN(CC1CC1)C1(CN)CCCC(C)(C)CC1. The molecule has 0 aromatic heterocycles. The van der Waals surface area contributed by atoms with Gasteiger partial charge in [0.2, 0.25) is 0 Å². The molecule has 2 aliphatic carbocycles. The van der Waals surface area contributed by atoms with Gasteiger partial charge < -0.3 is 5.73 Å². The first-order valence-electron chi connectivity index (χ1n) is 7.96. The van der Waals surface area contributed by atoms with Crippen molar-refractivity contribution in [2.75, 3.05) is 19.6 Å². The van der Waals surface area contributed by atoms with Crippen molar-refractivity contribution < 1.29 is 0 Å². The molecule has 0 amide bonds. The Morgan fingerprint density at radius 3 is 2.39 bits per heavy atom. The lowest BCUT2D eigenvalue weighted by Gasteiger charge is -2.43. The molecule has 18 heavy (non-hydrogen) atoms. The molecule has 106 valence electrons. The van der Waals surface area contributed by atoms with Crippen LogP contribution in [0.25, 0.3) is 0 Å². The zero-order valence-corrected chi connectivity index (χ0v) is 12.7. The van der Waals surface area contributed by atoms with Crippen LogP contribution in [0.3, 0.4) is 0 Å². The van der Waals surface area contributed by atoms with Crippen LogP contribution in [0, 0.1) is 11.3 Å². The van der Waals surface area contributed by atoms with Gasteiger partial charge in [-0.1, -0.05) is 27.2 Å². The fraction of sp³-hybridized carbons (Fsp3) is 1.00. The molecule has 2 N–H and O–H groups in total. The highest BCUT2D eigenvalue weighted by atomic mass is 15.2. The van der Waals surface area contributed by atoms with Crippen LogP contribution in [0.1, 0.15) is 65.7 Å². The second-order valence-electron chi connectivity index (χ2n) is 7.43. The summed E-state index contributed by atoms with van der Waals surface area (Å²) in [5, 5.41) is 0. The zero-order valence-electron chi connectivity index (χ0n) is 12.7. The molecule has 0 aromatic rings. The number of hydrogen-bond acceptors (Lipinski definition) is 2. The van der Waals surface area contributed by atoms with E-state index in [1.165, 1.54) is 58.0 Å². The highest BCUT2D eigenvalue weighted by molar-refractivity contribution is 4.97. The van der Waals surface area contributed by atoms with Crippen molar-refractivity contribution >= 4 is 0 Å². The van der Waals surface area contributed by atoms with Crippen LogP contribution in [0.4, 0.5) is 0 Å². The zero-order chi connectivity index (χ0) is 13.2. The van der Waals surface area contributed by atoms with E-state index in [2.05, 4.69) is 25.7 Å². The Balaban J connectivity index is 2.06. The topological polar surface area (TPSA) is 29.3 Å². The van der Waals surface area contributed by atoms with Gasteiger partial charge in [0.25, 0.3) is 0 Å². The van der Waals surface area contributed by atoms with Gasteiger partial charge in [0, 0.05) is 18.6 Å².